The Bertz CT molecular complexity index is 595. The van der Waals surface area contributed by atoms with Crippen LogP contribution < -0.4 is 4.74 Å². The molecule has 0 N–H and O–H groups in total. The first-order valence-corrected chi connectivity index (χ1v) is 5.02. The van der Waals surface area contributed by atoms with Gasteiger partial charge in [0.05, 0.1) is 0 Å². The molecule has 2 rings (SSSR count). The van der Waals surface area contributed by atoms with Crippen molar-refractivity contribution in [1.82, 2.24) is 0 Å². The molecule has 0 amide bonds. The highest BCUT2D eigenvalue weighted by atomic mass is 19.2. The fraction of sp³-hybridized carbons (Fsp3) is 0.0833. The Morgan fingerprint density at radius 3 is 2.26 bits per heavy atom. The van der Waals surface area contributed by atoms with Crippen molar-refractivity contribution in [2.45, 2.75) is 6.61 Å². The van der Waals surface area contributed by atoms with Gasteiger partial charge in [-0.15, -0.1) is 0 Å². The highest BCUT2D eigenvalue weighted by Crippen LogP contribution is 2.27. The number of carbonyl (C=O) groups is 1. The van der Waals surface area contributed by atoms with E-state index in [9.17, 15) is 22.4 Å². The number of benzene rings is 1. The van der Waals surface area contributed by atoms with E-state index >= 15 is 0 Å². The number of hydrogen-bond donors (Lipinski definition) is 0. The zero-order chi connectivity index (χ0) is 14.0. The number of halogens is 4. The minimum Gasteiger partial charge on any atom is -0.479 e. The number of aldehydes is 1. The molecule has 7 heteroatoms. The standard InChI is InChI=1S/C12H6F4O3/c13-8-3-9(14)11(16)12(10(8)15)18-5-7-2-1-6(4-17)19-7/h1-4H,5H2. The van der Waals surface area contributed by atoms with Crippen LogP contribution in [0, 0.1) is 23.3 Å². The molecule has 2 aromatic rings. The van der Waals surface area contributed by atoms with Crippen LogP contribution in [0.15, 0.2) is 22.6 Å². The zero-order valence-corrected chi connectivity index (χ0v) is 9.25. The molecule has 19 heavy (non-hydrogen) atoms. The van der Waals surface area contributed by atoms with Gasteiger partial charge in [0.15, 0.2) is 29.4 Å². The molecular formula is C12H6F4O3. The summed E-state index contributed by atoms with van der Waals surface area (Å²) in [4.78, 5) is 10.3. The van der Waals surface area contributed by atoms with Gasteiger partial charge in [0, 0.05) is 6.07 Å². The van der Waals surface area contributed by atoms with Gasteiger partial charge in [-0.2, -0.15) is 8.78 Å². The Kier molecular flexibility index (Phi) is 3.55. The van der Waals surface area contributed by atoms with Gasteiger partial charge in [0.1, 0.15) is 12.4 Å². The minimum absolute atomic E-state index is 0.00929. The molecule has 0 spiro atoms. The predicted molar refractivity (Wildman–Crippen MR) is 54.7 cm³/mol. The van der Waals surface area contributed by atoms with E-state index in [1.807, 2.05) is 0 Å². The molecule has 1 aromatic heterocycles. The number of furan rings is 1. The molecule has 0 unspecified atom stereocenters. The first-order valence-electron chi connectivity index (χ1n) is 5.02. The Hall–Kier alpha value is -2.31. The maximum absolute atomic E-state index is 13.2. The van der Waals surface area contributed by atoms with Crippen molar-refractivity contribution in [2.75, 3.05) is 0 Å². The van der Waals surface area contributed by atoms with E-state index in [4.69, 9.17) is 4.42 Å². The topological polar surface area (TPSA) is 39.4 Å². The lowest BCUT2D eigenvalue weighted by Crippen LogP contribution is -2.03. The molecule has 1 heterocycles. The van der Waals surface area contributed by atoms with Crippen LogP contribution in [0.2, 0.25) is 0 Å². The maximum atomic E-state index is 13.2. The van der Waals surface area contributed by atoms with Gasteiger partial charge in [-0.1, -0.05) is 0 Å². The van der Waals surface area contributed by atoms with E-state index in [0.717, 1.165) is 0 Å². The second-order valence-corrected chi connectivity index (χ2v) is 3.51. The van der Waals surface area contributed by atoms with Crippen molar-refractivity contribution in [1.29, 1.82) is 0 Å². The van der Waals surface area contributed by atoms with Gasteiger partial charge < -0.3 is 9.15 Å². The van der Waals surface area contributed by atoms with Gasteiger partial charge in [0.2, 0.25) is 11.6 Å². The molecular weight excluding hydrogens is 268 g/mol. The normalized spacial score (nSPS) is 10.5. The molecule has 0 saturated carbocycles. The Morgan fingerprint density at radius 1 is 1.11 bits per heavy atom. The van der Waals surface area contributed by atoms with Gasteiger partial charge in [-0.25, -0.2) is 8.78 Å². The van der Waals surface area contributed by atoms with Crippen LogP contribution in [0.4, 0.5) is 17.6 Å². The highest BCUT2D eigenvalue weighted by molar-refractivity contribution is 5.70. The van der Waals surface area contributed by atoms with Crippen LogP contribution >= 0.6 is 0 Å². The summed E-state index contributed by atoms with van der Waals surface area (Å²) >= 11 is 0. The average Bonchev–Trinajstić information content (AvgIpc) is 2.84. The summed E-state index contributed by atoms with van der Waals surface area (Å²) < 4.78 is 61.7. The second-order valence-electron chi connectivity index (χ2n) is 3.51. The molecule has 0 radical (unpaired) electrons. The third-order valence-corrected chi connectivity index (χ3v) is 2.23. The van der Waals surface area contributed by atoms with Crippen molar-refractivity contribution in [2.24, 2.45) is 0 Å². The van der Waals surface area contributed by atoms with E-state index < -0.39 is 35.6 Å². The fourth-order valence-electron chi connectivity index (χ4n) is 1.36. The lowest BCUT2D eigenvalue weighted by molar-refractivity contribution is 0.109. The smallest absolute Gasteiger partial charge is 0.203 e. The monoisotopic (exact) mass is 274 g/mol. The summed E-state index contributed by atoms with van der Waals surface area (Å²) in [6, 6.07) is 2.72. The van der Waals surface area contributed by atoms with E-state index in [-0.39, 0.29) is 17.6 Å². The molecule has 100 valence electrons. The van der Waals surface area contributed by atoms with Crippen molar-refractivity contribution in [3.05, 3.63) is 53.0 Å². The van der Waals surface area contributed by atoms with Crippen molar-refractivity contribution in [3.8, 4) is 5.75 Å². The molecule has 0 atom stereocenters. The van der Waals surface area contributed by atoms with E-state index in [1.54, 1.807) is 0 Å². The first-order chi connectivity index (χ1) is 9.02. The Morgan fingerprint density at radius 2 is 1.74 bits per heavy atom. The van der Waals surface area contributed by atoms with E-state index in [0.29, 0.717) is 6.29 Å². The molecule has 0 saturated heterocycles. The number of rotatable bonds is 4. The largest absolute Gasteiger partial charge is 0.479 e. The van der Waals surface area contributed by atoms with Gasteiger partial charge >= 0.3 is 0 Å². The Labute approximate surface area is 104 Å². The number of ether oxygens (including phenoxy) is 1. The van der Waals surface area contributed by atoms with Crippen LogP contribution in [0.3, 0.4) is 0 Å². The summed E-state index contributed by atoms with van der Waals surface area (Å²) in [6.07, 6.45) is 0.423. The summed E-state index contributed by atoms with van der Waals surface area (Å²) in [6.45, 7) is -0.482. The summed E-state index contributed by atoms with van der Waals surface area (Å²) in [5.41, 5.74) is 0. The minimum atomic E-state index is -1.64. The van der Waals surface area contributed by atoms with Crippen LogP contribution in [-0.2, 0) is 6.61 Å². The molecule has 0 aliphatic rings. The average molecular weight is 274 g/mol. The van der Waals surface area contributed by atoms with Crippen LogP contribution in [0.1, 0.15) is 16.3 Å². The van der Waals surface area contributed by atoms with Crippen molar-refractivity contribution in [3.63, 3.8) is 0 Å². The number of hydrogen-bond acceptors (Lipinski definition) is 3. The molecule has 3 nitrogen and oxygen atoms in total. The van der Waals surface area contributed by atoms with E-state index in [1.165, 1.54) is 12.1 Å². The Balaban J connectivity index is 2.21. The highest BCUT2D eigenvalue weighted by Gasteiger charge is 2.20. The lowest BCUT2D eigenvalue weighted by Gasteiger charge is -2.07. The number of carbonyl (C=O) groups excluding carboxylic acids is 1. The molecule has 0 aliphatic heterocycles. The zero-order valence-electron chi connectivity index (χ0n) is 9.25. The van der Waals surface area contributed by atoms with Crippen LogP contribution in [0.25, 0.3) is 0 Å². The second kappa shape index (κ2) is 5.13. The summed E-state index contributed by atoms with van der Waals surface area (Å²) in [7, 11) is 0. The van der Waals surface area contributed by atoms with E-state index in [2.05, 4.69) is 4.74 Å². The van der Waals surface area contributed by atoms with Gasteiger partial charge in [0.25, 0.3) is 0 Å². The summed E-state index contributed by atoms with van der Waals surface area (Å²) in [5.74, 6) is -7.52. The van der Waals surface area contributed by atoms with Gasteiger partial charge in [-0.05, 0) is 12.1 Å². The predicted octanol–water partition coefficient (Wildman–Crippen LogP) is 3.23. The lowest BCUT2D eigenvalue weighted by atomic mass is 10.3. The SMILES string of the molecule is O=Cc1ccc(COc2c(F)c(F)cc(F)c2F)o1. The third kappa shape index (κ3) is 2.59. The van der Waals surface area contributed by atoms with Gasteiger partial charge in [-0.3, -0.25) is 4.79 Å². The van der Waals surface area contributed by atoms with Crippen molar-refractivity contribution >= 4 is 6.29 Å². The van der Waals surface area contributed by atoms with Crippen LogP contribution in [-0.4, -0.2) is 6.29 Å². The fourth-order valence-corrected chi connectivity index (χ4v) is 1.36. The molecule has 0 bridgehead atoms. The molecule has 0 fully saturated rings. The first kappa shape index (κ1) is 13.1. The molecule has 1 aromatic carbocycles. The quantitative estimate of drug-likeness (QED) is 0.488. The van der Waals surface area contributed by atoms with Crippen molar-refractivity contribution < 1.29 is 31.5 Å². The maximum Gasteiger partial charge on any atom is 0.203 e. The third-order valence-electron chi connectivity index (χ3n) is 2.23. The summed E-state index contributed by atoms with van der Waals surface area (Å²) in [5, 5.41) is 0. The molecule has 0 aliphatic carbocycles. The van der Waals surface area contributed by atoms with Crippen LogP contribution in [0.5, 0.6) is 5.75 Å².